The van der Waals surface area contributed by atoms with Gasteiger partial charge in [-0.25, -0.2) is 9.18 Å². The second kappa shape index (κ2) is 7.91. The van der Waals surface area contributed by atoms with Gasteiger partial charge in [0.05, 0.1) is 6.04 Å². The van der Waals surface area contributed by atoms with Gasteiger partial charge in [-0.05, 0) is 30.3 Å². The predicted molar refractivity (Wildman–Crippen MR) is 115 cm³/mol. The van der Waals surface area contributed by atoms with Crippen molar-refractivity contribution >= 4 is 17.6 Å². The number of anilines is 1. The Labute approximate surface area is 179 Å². The molecule has 3 amide bonds. The molecule has 0 bridgehead atoms. The molecule has 0 saturated carbocycles. The van der Waals surface area contributed by atoms with Gasteiger partial charge in [0.15, 0.2) is 0 Å². The first-order chi connectivity index (χ1) is 15.1. The molecular weight excluding hydrogens is 395 g/mol. The van der Waals surface area contributed by atoms with Crippen molar-refractivity contribution in [2.75, 3.05) is 18.0 Å². The quantitative estimate of drug-likeness (QED) is 0.707. The van der Waals surface area contributed by atoms with Gasteiger partial charge >= 0.3 is 6.03 Å². The molecule has 0 aliphatic carbocycles. The molecule has 2 aliphatic heterocycles. The summed E-state index contributed by atoms with van der Waals surface area (Å²) >= 11 is 0. The standard InChI is InChI=1S/C24H23FN4O2/c25-20-10-5-4-9-19(20)23-21-11-6-12-27(21)13-14-28(23)24(31)26-17-15-22(30)29(16-17)18-7-2-1-3-8-18/h1-12,17,23H,13-16H2,(H,26,31)/t17-,23-/m0/s1. The van der Waals surface area contributed by atoms with Crippen molar-refractivity contribution in [2.45, 2.75) is 25.0 Å². The molecular formula is C24H23FN4O2. The van der Waals surface area contributed by atoms with Gasteiger partial charge in [-0.15, -0.1) is 0 Å². The third kappa shape index (κ3) is 3.56. The van der Waals surface area contributed by atoms with Gasteiger partial charge in [0, 0.05) is 49.2 Å². The molecule has 1 saturated heterocycles. The highest BCUT2D eigenvalue weighted by Crippen LogP contribution is 2.34. The van der Waals surface area contributed by atoms with E-state index in [1.807, 2.05) is 48.7 Å². The number of fused-ring (bicyclic) bond motifs is 1. The Morgan fingerprint density at radius 2 is 1.74 bits per heavy atom. The number of nitrogens with one attached hydrogen (secondary N) is 1. The highest BCUT2D eigenvalue weighted by atomic mass is 19.1. The number of amides is 3. The monoisotopic (exact) mass is 418 g/mol. The minimum atomic E-state index is -0.521. The fourth-order valence-electron chi connectivity index (χ4n) is 4.55. The third-order valence-corrected chi connectivity index (χ3v) is 6.02. The Morgan fingerprint density at radius 1 is 0.968 bits per heavy atom. The zero-order chi connectivity index (χ0) is 21.4. The average molecular weight is 418 g/mol. The SMILES string of the molecule is O=C1C[C@H](NC(=O)N2CCn3cccc3[C@@H]2c2ccccc2F)CN1c1ccccc1. The van der Waals surface area contributed by atoms with Gasteiger partial charge in [-0.2, -0.15) is 0 Å². The van der Waals surface area contributed by atoms with Crippen LogP contribution in [0.25, 0.3) is 0 Å². The Morgan fingerprint density at radius 3 is 2.55 bits per heavy atom. The van der Waals surface area contributed by atoms with Crippen molar-refractivity contribution in [3.8, 4) is 0 Å². The first-order valence-electron chi connectivity index (χ1n) is 10.4. The van der Waals surface area contributed by atoms with Crippen LogP contribution in [-0.4, -0.2) is 40.5 Å². The van der Waals surface area contributed by atoms with E-state index in [4.69, 9.17) is 0 Å². The summed E-state index contributed by atoms with van der Waals surface area (Å²) in [6, 6.07) is 18.7. The zero-order valence-electron chi connectivity index (χ0n) is 16.9. The number of para-hydroxylation sites is 1. The Hall–Kier alpha value is -3.61. The number of carbonyl (C=O) groups is 2. The minimum absolute atomic E-state index is 0.0188. The van der Waals surface area contributed by atoms with Crippen molar-refractivity contribution in [1.29, 1.82) is 0 Å². The second-order valence-corrected chi connectivity index (χ2v) is 7.93. The summed E-state index contributed by atoms with van der Waals surface area (Å²) in [6.45, 7) is 1.51. The summed E-state index contributed by atoms with van der Waals surface area (Å²) in [6.07, 6.45) is 2.20. The van der Waals surface area contributed by atoms with Crippen molar-refractivity contribution < 1.29 is 14.0 Å². The van der Waals surface area contributed by atoms with Crippen molar-refractivity contribution in [2.24, 2.45) is 0 Å². The lowest BCUT2D eigenvalue weighted by atomic mass is 9.99. The number of nitrogens with zero attached hydrogens (tertiary/aromatic N) is 3. The summed E-state index contributed by atoms with van der Waals surface area (Å²) in [5.41, 5.74) is 2.16. The summed E-state index contributed by atoms with van der Waals surface area (Å²) in [5, 5.41) is 3.01. The third-order valence-electron chi connectivity index (χ3n) is 6.02. The number of carbonyl (C=O) groups excluding carboxylic acids is 2. The lowest BCUT2D eigenvalue weighted by molar-refractivity contribution is -0.117. The molecule has 158 valence electrons. The van der Waals surface area contributed by atoms with E-state index in [9.17, 15) is 14.0 Å². The molecule has 1 N–H and O–H groups in total. The summed E-state index contributed by atoms with van der Waals surface area (Å²) in [7, 11) is 0. The van der Waals surface area contributed by atoms with Crippen LogP contribution in [0.1, 0.15) is 23.7 Å². The van der Waals surface area contributed by atoms with Crippen molar-refractivity contribution in [3.05, 3.63) is 90.0 Å². The maximum Gasteiger partial charge on any atom is 0.318 e. The predicted octanol–water partition coefficient (Wildman–Crippen LogP) is 3.55. The molecule has 0 spiro atoms. The fraction of sp³-hybridized carbons (Fsp3) is 0.250. The molecule has 0 unspecified atom stereocenters. The van der Waals surface area contributed by atoms with Gasteiger partial charge < -0.3 is 19.7 Å². The van der Waals surface area contributed by atoms with E-state index in [2.05, 4.69) is 9.88 Å². The van der Waals surface area contributed by atoms with Crippen LogP contribution in [0.15, 0.2) is 72.9 Å². The average Bonchev–Trinajstić information content (AvgIpc) is 3.40. The van der Waals surface area contributed by atoms with Crippen LogP contribution in [0.4, 0.5) is 14.9 Å². The molecule has 1 fully saturated rings. The highest BCUT2D eigenvalue weighted by molar-refractivity contribution is 5.96. The lowest BCUT2D eigenvalue weighted by Gasteiger charge is -2.38. The van der Waals surface area contributed by atoms with Crippen LogP contribution in [0.5, 0.6) is 0 Å². The van der Waals surface area contributed by atoms with Crippen LogP contribution in [-0.2, 0) is 11.3 Å². The Bertz CT molecular complexity index is 1110. The van der Waals surface area contributed by atoms with Gasteiger partial charge in [-0.3, -0.25) is 4.79 Å². The molecule has 5 rings (SSSR count). The molecule has 31 heavy (non-hydrogen) atoms. The van der Waals surface area contributed by atoms with E-state index in [1.54, 1.807) is 28.0 Å². The molecule has 6 nitrogen and oxygen atoms in total. The number of halogens is 1. The molecule has 3 heterocycles. The van der Waals surface area contributed by atoms with E-state index in [0.29, 0.717) is 25.2 Å². The van der Waals surface area contributed by atoms with Crippen LogP contribution < -0.4 is 10.2 Å². The second-order valence-electron chi connectivity index (χ2n) is 7.93. The number of rotatable bonds is 3. The highest BCUT2D eigenvalue weighted by Gasteiger charge is 2.37. The Kier molecular flexibility index (Phi) is 4.94. The summed E-state index contributed by atoms with van der Waals surface area (Å²) in [5.74, 6) is -0.360. The number of hydrogen-bond acceptors (Lipinski definition) is 2. The van der Waals surface area contributed by atoms with Crippen LogP contribution in [0, 0.1) is 5.82 Å². The van der Waals surface area contributed by atoms with Crippen molar-refractivity contribution in [3.63, 3.8) is 0 Å². The minimum Gasteiger partial charge on any atom is -0.348 e. The number of urea groups is 1. The first kappa shape index (κ1) is 19.4. The smallest absolute Gasteiger partial charge is 0.318 e. The topological polar surface area (TPSA) is 57.6 Å². The number of benzene rings is 2. The van der Waals surface area contributed by atoms with Gasteiger partial charge in [0.2, 0.25) is 5.91 Å². The van der Waals surface area contributed by atoms with Crippen molar-refractivity contribution in [1.82, 2.24) is 14.8 Å². The maximum absolute atomic E-state index is 14.7. The Balaban J connectivity index is 1.37. The van der Waals surface area contributed by atoms with E-state index in [1.165, 1.54) is 6.07 Å². The van der Waals surface area contributed by atoms with E-state index in [-0.39, 0.29) is 30.2 Å². The van der Waals surface area contributed by atoms with Crippen LogP contribution in [0.3, 0.4) is 0 Å². The van der Waals surface area contributed by atoms with Crippen LogP contribution >= 0.6 is 0 Å². The van der Waals surface area contributed by atoms with E-state index >= 15 is 0 Å². The zero-order valence-corrected chi connectivity index (χ0v) is 16.9. The van der Waals surface area contributed by atoms with Gasteiger partial charge in [0.25, 0.3) is 0 Å². The lowest BCUT2D eigenvalue weighted by Crippen LogP contribution is -2.50. The van der Waals surface area contributed by atoms with Crippen LogP contribution in [0.2, 0.25) is 0 Å². The van der Waals surface area contributed by atoms with E-state index < -0.39 is 6.04 Å². The normalized spacial score (nSPS) is 20.6. The fourth-order valence-corrected chi connectivity index (χ4v) is 4.55. The molecule has 0 radical (unpaired) electrons. The molecule has 3 aromatic rings. The number of hydrogen-bond donors (Lipinski definition) is 1. The molecule has 2 aliphatic rings. The summed E-state index contributed by atoms with van der Waals surface area (Å²) < 4.78 is 16.7. The molecule has 2 aromatic carbocycles. The number of aromatic nitrogens is 1. The molecule has 7 heteroatoms. The largest absolute Gasteiger partial charge is 0.348 e. The molecule has 1 aromatic heterocycles. The van der Waals surface area contributed by atoms with Gasteiger partial charge in [-0.1, -0.05) is 36.4 Å². The van der Waals surface area contributed by atoms with E-state index in [0.717, 1.165) is 11.4 Å². The maximum atomic E-state index is 14.7. The summed E-state index contributed by atoms with van der Waals surface area (Å²) in [4.78, 5) is 29.2. The van der Waals surface area contributed by atoms with Gasteiger partial charge in [0.1, 0.15) is 11.9 Å². The first-order valence-corrected chi connectivity index (χ1v) is 10.4. The molecule has 2 atom stereocenters.